The number of hydrazone groups is 1. The topological polar surface area (TPSA) is 51.1 Å². The maximum Gasteiger partial charge on any atom is 0.281 e. The Balaban J connectivity index is 1.84. The first kappa shape index (κ1) is 22.6. The van der Waals surface area contributed by atoms with Gasteiger partial charge in [-0.05, 0) is 48.4 Å². The van der Waals surface area contributed by atoms with Crippen molar-refractivity contribution >= 4 is 44.9 Å². The van der Waals surface area contributed by atoms with Crippen molar-refractivity contribution in [1.82, 2.24) is 0 Å². The van der Waals surface area contributed by atoms with Crippen LogP contribution in [0.25, 0.3) is 11.6 Å². The van der Waals surface area contributed by atoms with E-state index in [1.165, 1.54) is 5.01 Å². The molecule has 0 fully saturated rings. The molecule has 33 heavy (non-hydrogen) atoms. The summed E-state index contributed by atoms with van der Waals surface area (Å²) in [5, 5.41) is 6.00. The summed E-state index contributed by atoms with van der Waals surface area (Å²) in [5.41, 5.74) is 4.46. The van der Waals surface area contributed by atoms with Gasteiger partial charge in [0.1, 0.15) is 0 Å². The van der Waals surface area contributed by atoms with Crippen LogP contribution in [0.1, 0.15) is 18.1 Å². The summed E-state index contributed by atoms with van der Waals surface area (Å²) in [6.45, 7) is 1.86. The molecule has 0 atom stereocenters. The summed E-state index contributed by atoms with van der Waals surface area (Å²) < 4.78 is 11.9. The van der Waals surface area contributed by atoms with Crippen molar-refractivity contribution in [2.24, 2.45) is 5.10 Å². The highest BCUT2D eigenvalue weighted by atomic mass is 79.9. The molecule has 4 rings (SSSR count). The minimum absolute atomic E-state index is 0.168. The van der Waals surface area contributed by atoms with Gasteiger partial charge in [0, 0.05) is 10.0 Å². The molecule has 0 saturated carbocycles. The van der Waals surface area contributed by atoms with Gasteiger partial charge < -0.3 is 9.47 Å². The summed E-state index contributed by atoms with van der Waals surface area (Å²) in [7, 11) is 3.22. The number of hydrogen-bond acceptors (Lipinski definition) is 4. The van der Waals surface area contributed by atoms with Gasteiger partial charge >= 0.3 is 0 Å². The van der Waals surface area contributed by atoms with Crippen LogP contribution in [0, 0.1) is 0 Å². The second-order valence-electron chi connectivity index (χ2n) is 7.35. The monoisotopic (exact) mass is 502 g/mol. The number of halogens is 1. The second kappa shape index (κ2) is 9.88. The number of rotatable bonds is 6. The van der Waals surface area contributed by atoms with Crippen LogP contribution in [0.5, 0.6) is 11.5 Å². The van der Waals surface area contributed by atoms with E-state index in [9.17, 15) is 4.79 Å². The Labute approximate surface area is 201 Å². The zero-order chi connectivity index (χ0) is 23.4. The van der Waals surface area contributed by atoms with Crippen molar-refractivity contribution in [3.63, 3.8) is 0 Å². The lowest BCUT2D eigenvalue weighted by Gasteiger charge is -2.13. The number of carbonyl (C=O) groups is 1. The average molecular weight is 503 g/mol. The van der Waals surface area contributed by atoms with Crippen LogP contribution in [0.2, 0.25) is 0 Å². The van der Waals surface area contributed by atoms with Gasteiger partial charge in [-0.15, -0.1) is 0 Å². The second-order valence-corrected chi connectivity index (χ2v) is 8.27. The molecule has 1 heterocycles. The molecule has 0 aromatic heterocycles. The van der Waals surface area contributed by atoms with E-state index in [0.717, 1.165) is 26.9 Å². The normalized spacial score (nSPS) is 15.1. The predicted molar refractivity (Wildman–Crippen MR) is 137 cm³/mol. The number of nitrogens with zero attached hydrogens (tertiary/aromatic N) is 2. The van der Waals surface area contributed by atoms with Crippen LogP contribution in [0.4, 0.5) is 5.69 Å². The van der Waals surface area contributed by atoms with Crippen molar-refractivity contribution in [2.75, 3.05) is 19.2 Å². The van der Waals surface area contributed by atoms with E-state index in [4.69, 9.17) is 9.47 Å². The number of ether oxygens (including phenoxy) is 2. The molecular weight excluding hydrogens is 480 g/mol. The van der Waals surface area contributed by atoms with E-state index in [-0.39, 0.29) is 5.91 Å². The van der Waals surface area contributed by atoms with Gasteiger partial charge in [-0.2, -0.15) is 10.1 Å². The number of methoxy groups -OCH3 is 2. The summed E-state index contributed by atoms with van der Waals surface area (Å²) in [6, 6.07) is 23.0. The van der Waals surface area contributed by atoms with Crippen LogP contribution in [0.15, 0.2) is 94.0 Å². The van der Waals surface area contributed by atoms with Crippen molar-refractivity contribution in [1.29, 1.82) is 0 Å². The van der Waals surface area contributed by atoms with Gasteiger partial charge in [0.05, 0.1) is 31.2 Å². The smallest absolute Gasteiger partial charge is 0.281 e. The fourth-order valence-electron chi connectivity index (χ4n) is 3.73. The van der Waals surface area contributed by atoms with E-state index >= 15 is 0 Å². The Morgan fingerprint density at radius 1 is 0.939 bits per heavy atom. The van der Waals surface area contributed by atoms with Crippen LogP contribution in [-0.2, 0) is 4.79 Å². The third kappa shape index (κ3) is 4.61. The van der Waals surface area contributed by atoms with Crippen LogP contribution in [-0.4, -0.2) is 25.8 Å². The first-order valence-corrected chi connectivity index (χ1v) is 11.2. The minimum Gasteiger partial charge on any atom is -0.493 e. The molecule has 0 bridgehead atoms. The lowest BCUT2D eigenvalue weighted by Crippen LogP contribution is -2.21. The fourth-order valence-corrected chi connectivity index (χ4v) is 3.99. The van der Waals surface area contributed by atoms with Crippen LogP contribution in [0.3, 0.4) is 0 Å². The van der Waals surface area contributed by atoms with Crippen molar-refractivity contribution in [3.05, 3.63) is 100 Å². The molecule has 166 valence electrons. The van der Waals surface area contributed by atoms with Gasteiger partial charge in [-0.3, -0.25) is 4.79 Å². The molecule has 1 aliphatic heterocycles. The molecule has 1 aliphatic rings. The van der Waals surface area contributed by atoms with Gasteiger partial charge in [-0.25, -0.2) is 0 Å². The third-order valence-corrected chi connectivity index (χ3v) is 5.83. The Kier molecular flexibility index (Phi) is 6.75. The molecule has 3 aromatic rings. The Bertz CT molecular complexity index is 1260. The molecule has 0 spiro atoms. The number of benzene rings is 3. The molecule has 6 heteroatoms. The SMILES string of the molecule is COc1cccc(/C=C/C(=C2\C(=O)N(c3ccccc3)N=C2C)c2ccc(Br)cc2)c1OC. The standard InChI is InChI=1S/C27H23BrN2O3/c1-18-25(27(31)30(29-18)22-9-5-4-6-10-22)23(19-12-15-21(28)16-13-19)17-14-20-8-7-11-24(32-2)26(20)33-3/h4-17H,1-3H3/b17-14+,25-23+. The van der Waals surface area contributed by atoms with Crippen molar-refractivity contribution in [3.8, 4) is 11.5 Å². The molecule has 0 saturated heterocycles. The zero-order valence-corrected chi connectivity index (χ0v) is 20.2. The summed E-state index contributed by atoms with van der Waals surface area (Å²) in [5.74, 6) is 1.10. The Morgan fingerprint density at radius 3 is 2.33 bits per heavy atom. The summed E-state index contributed by atoms with van der Waals surface area (Å²) in [4.78, 5) is 13.5. The highest BCUT2D eigenvalue weighted by molar-refractivity contribution is 9.10. The van der Waals surface area contributed by atoms with E-state index < -0.39 is 0 Å². The highest BCUT2D eigenvalue weighted by Gasteiger charge is 2.31. The minimum atomic E-state index is -0.168. The van der Waals surface area contributed by atoms with Gasteiger partial charge in [-0.1, -0.05) is 70.5 Å². The van der Waals surface area contributed by atoms with Gasteiger partial charge in [0.25, 0.3) is 5.91 Å². The maximum atomic E-state index is 13.5. The van der Waals surface area contributed by atoms with Crippen molar-refractivity contribution < 1.29 is 14.3 Å². The molecule has 0 unspecified atom stereocenters. The molecule has 1 amide bonds. The molecule has 0 radical (unpaired) electrons. The highest BCUT2D eigenvalue weighted by Crippen LogP contribution is 2.34. The first-order valence-electron chi connectivity index (χ1n) is 10.4. The van der Waals surface area contributed by atoms with Crippen LogP contribution < -0.4 is 14.5 Å². The molecule has 0 N–H and O–H groups in total. The zero-order valence-electron chi connectivity index (χ0n) is 18.6. The van der Waals surface area contributed by atoms with Gasteiger partial charge in [0.15, 0.2) is 11.5 Å². The quantitative estimate of drug-likeness (QED) is 0.368. The van der Waals surface area contributed by atoms with E-state index in [1.54, 1.807) is 14.2 Å². The predicted octanol–water partition coefficient (Wildman–Crippen LogP) is 6.36. The number of para-hydroxylation sites is 2. The van der Waals surface area contributed by atoms with Crippen molar-refractivity contribution in [2.45, 2.75) is 6.92 Å². The molecule has 5 nitrogen and oxygen atoms in total. The maximum absolute atomic E-state index is 13.5. The van der Waals surface area contributed by atoms with Crippen LogP contribution >= 0.6 is 15.9 Å². The van der Waals surface area contributed by atoms with Gasteiger partial charge in [0.2, 0.25) is 0 Å². The molecular formula is C27H23BrN2O3. The van der Waals surface area contributed by atoms with E-state index in [0.29, 0.717) is 22.8 Å². The first-order chi connectivity index (χ1) is 16.0. The number of hydrogen-bond donors (Lipinski definition) is 0. The summed E-state index contributed by atoms with van der Waals surface area (Å²) in [6.07, 6.45) is 3.86. The van der Waals surface area contributed by atoms with E-state index in [1.807, 2.05) is 91.9 Å². The Hall–Kier alpha value is -3.64. The largest absolute Gasteiger partial charge is 0.493 e. The number of anilines is 1. The lowest BCUT2D eigenvalue weighted by atomic mass is 9.95. The number of amides is 1. The summed E-state index contributed by atoms with van der Waals surface area (Å²) >= 11 is 3.49. The lowest BCUT2D eigenvalue weighted by molar-refractivity contribution is -0.114. The molecule has 3 aromatic carbocycles. The third-order valence-electron chi connectivity index (χ3n) is 5.31. The number of carbonyl (C=O) groups excluding carboxylic acids is 1. The molecule has 0 aliphatic carbocycles. The average Bonchev–Trinajstić information content (AvgIpc) is 3.14. The fraction of sp³-hybridized carbons (Fsp3) is 0.111. The van der Waals surface area contributed by atoms with E-state index in [2.05, 4.69) is 21.0 Å². The Morgan fingerprint density at radius 2 is 1.67 bits per heavy atom. The number of allylic oxidation sites excluding steroid dienone is 2.